The minimum absolute atomic E-state index is 0.182. The lowest BCUT2D eigenvalue weighted by atomic mass is 10.1. The third-order valence-electron chi connectivity index (χ3n) is 2.56. The number of aliphatic hydroxyl groups excluding tert-OH is 1. The van der Waals surface area contributed by atoms with Gasteiger partial charge in [0.2, 0.25) is 5.78 Å². The zero-order valence-corrected chi connectivity index (χ0v) is 12.2. The Bertz CT molecular complexity index is 713. The first-order valence-electron chi connectivity index (χ1n) is 5.92. The highest BCUT2D eigenvalue weighted by molar-refractivity contribution is 6.37. The molecule has 2 aromatic carbocycles. The van der Waals surface area contributed by atoms with Crippen molar-refractivity contribution in [3.05, 3.63) is 76.1 Å². The normalized spacial score (nSPS) is 11.8. The molecule has 21 heavy (non-hydrogen) atoms. The van der Waals surface area contributed by atoms with Crippen molar-refractivity contribution in [2.45, 2.75) is 0 Å². The van der Waals surface area contributed by atoms with E-state index in [-0.39, 0.29) is 16.3 Å². The molecule has 0 unspecified atom stereocenters. The van der Waals surface area contributed by atoms with Crippen molar-refractivity contribution < 1.29 is 9.90 Å². The molecule has 0 saturated heterocycles. The number of carbonyl (C=O) groups excluding carboxylic acids is 1. The average molecular weight is 321 g/mol. The molecule has 0 spiro atoms. The largest absolute Gasteiger partial charge is 0.513 e. The van der Waals surface area contributed by atoms with E-state index in [1.54, 1.807) is 24.3 Å². The summed E-state index contributed by atoms with van der Waals surface area (Å²) >= 11 is 11.7. The predicted molar refractivity (Wildman–Crippen MR) is 82.5 cm³/mol. The molecule has 0 aliphatic rings. The molecule has 0 bridgehead atoms. The topological polar surface area (TPSA) is 62.0 Å². The van der Waals surface area contributed by atoms with E-state index < -0.39 is 5.78 Å². The highest BCUT2D eigenvalue weighted by Gasteiger charge is 2.16. The van der Waals surface area contributed by atoms with Crippen LogP contribution in [0.4, 0.5) is 5.69 Å². The van der Waals surface area contributed by atoms with E-state index in [2.05, 4.69) is 10.2 Å². The standard InChI is InChI=1S/C15H10Cl2N2O2/c16-10-6-7-12(13(17)8-10)15(21)14(9-20)19-18-11-4-2-1-3-5-11/h1-9,20H/b14-9+,19-18?. The summed E-state index contributed by atoms with van der Waals surface area (Å²) in [6.07, 6.45) is 0.597. The number of rotatable bonds is 4. The summed E-state index contributed by atoms with van der Waals surface area (Å²) in [6.45, 7) is 0. The van der Waals surface area contributed by atoms with Crippen LogP contribution >= 0.6 is 23.2 Å². The summed E-state index contributed by atoms with van der Waals surface area (Å²) < 4.78 is 0. The van der Waals surface area contributed by atoms with Gasteiger partial charge in [0.05, 0.1) is 10.7 Å². The Morgan fingerprint density at radius 1 is 1.10 bits per heavy atom. The van der Waals surface area contributed by atoms with Crippen molar-refractivity contribution in [2.75, 3.05) is 0 Å². The van der Waals surface area contributed by atoms with Crippen molar-refractivity contribution in [3.8, 4) is 0 Å². The van der Waals surface area contributed by atoms with Gasteiger partial charge in [-0.2, -0.15) is 5.11 Å². The number of allylic oxidation sites excluding steroid dienone is 1. The fourth-order valence-electron chi connectivity index (χ4n) is 1.55. The van der Waals surface area contributed by atoms with E-state index in [4.69, 9.17) is 23.2 Å². The zero-order valence-electron chi connectivity index (χ0n) is 10.7. The van der Waals surface area contributed by atoms with Crippen molar-refractivity contribution in [2.24, 2.45) is 10.2 Å². The van der Waals surface area contributed by atoms with Gasteiger partial charge in [0.1, 0.15) is 6.26 Å². The fraction of sp³-hybridized carbons (Fsp3) is 0. The minimum Gasteiger partial charge on any atom is -0.513 e. The predicted octanol–water partition coefficient (Wildman–Crippen LogP) is 5.36. The van der Waals surface area contributed by atoms with E-state index in [1.807, 2.05) is 6.07 Å². The lowest BCUT2D eigenvalue weighted by Gasteiger charge is -2.03. The third kappa shape index (κ3) is 3.90. The summed E-state index contributed by atoms with van der Waals surface area (Å²) in [7, 11) is 0. The summed E-state index contributed by atoms with van der Waals surface area (Å²) in [6, 6.07) is 13.3. The Kier molecular flexibility index (Phi) is 5.09. The quantitative estimate of drug-likeness (QED) is 0.357. The van der Waals surface area contributed by atoms with Crippen LogP contribution in [0.3, 0.4) is 0 Å². The highest BCUT2D eigenvalue weighted by Crippen LogP contribution is 2.24. The maximum atomic E-state index is 12.2. The molecule has 0 fully saturated rings. The van der Waals surface area contributed by atoms with Crippen molar-refractivity contribution in [1.82, 2.24) is 0 Å². The van der Waals surface area contributed by atoms with E-state index >= 15 is 0 Å². The van der Waals surface area contributed by atoms with E-state index in [1.165, 1.54) is 18.2 Å². The second kappa shape index (κ2) is 7.02. The van der Waals surface area contributed by atoms with Crippen LogP contribution in [0.1, 0.15) is 10.4 Å². The van der Waals surface area contributed by atoms with Gasteiger partial charge in [-0.3, -0.25) is 4.79 Å². The fourth-order valence-corrected chi connectivity index (χ4v) is 2.04. The van der Waals surface area contributed by atoms with Crippen LogP contribution in [0.25, 0.3) is 0 Å². The Balaban J connectivity index is 2.26. The second-order valence-electron chi connectivity index (χ2n) is 4.00. The van der Waals surface area contributed by atoms with Crippen molar-refractivity contribution >= 4 is 34.7 Å². The Morgan fingerprint density at radius 2 is 1.81 bits per heavy atom. The molecule has 0 atom stereocenters. The number of carbonyl (C=O) groups is 1. The van der Waals surface area contributed by atoms with E-state index in [0.717, 1.165) is 0 Å². The lowest BCUT2D eigenvalue weighted by Crippen LogP contribution is -2.02. The molecule has 0 aliphatic carbocycles. The summed E-state index contributed by atoms with van der Waals surface area (Å²) in [5.74, 6) is -0.543. The van der Waals surface area contributed by atoms with Crippen molar-refractivity contribution in [3.63, 3.8) is 0 Å². The number of ketones is 1. The van der Waals surface area contributed by atoms with Gasteiger partial charge in [-0.05, 0) is 30.3 Å². The molecule has 0 heterocycles. The first kappa shape index (κ1) is 15.2. The molecule has 0 aromatic heterocycles. The molecular formula is C15H10Cl2N2O2. The summed E-state index contributed by atoms with van der Waals surface area (Å²) in [4.78, 5) is 12.2. The maximum absolute atomic E-state index is 12.2. The molecule has 4 nitrogen and oxygen atoms in total. The number of azo groups is 1. The Hall–Kier alpha value is -2.17. The van der Waals surface area contributed by atoms with Crippen LogP contribution < -0.4 is 0 Å². The van der Waals surface area contributed by atoms with Crippen LogP contribution in [-0.2, 0) is 0 Å². The molecule has 0 amide bonds. The first-order valence-corrected chi connectivity index (χ1v) is 6.68. The molecule has 0 saturated carbocycles. The molecule has 2 aromatic rings. The van der Waals surface area contributed by atoms with Gasteiger partial charge in [0.25, 0.3) is 0 Å². The van der Waals surface area contributed by atoms with Crippen LogP contribution in [0.5, 0.6) is 0 Å². The summed E-state index contributed by atoms with van der Waals surface area (Å²) in [5, 5.41) is 17.4. The number of halogens is 2. The summed E-state index contributed by atoms with van der Waals surface area (Å²) in [5.41, 5.74) is 0.531. The van der Waals surface area contributed by atoms with Crippen LogP contribution in [0, 0.1) is 0 Å². The number of Topliss-reactive ketones (excluding diaryl/α,β-unsaturated/α-hetero) is 1. The highest BCUT2D eigenvalue weighted by atomic mass is 35.5. The van der Waals surface area contributed by atoms with Gasteiger partial charge in [-0.15, -0.1) is 5.11 Å². The number of hydrogen-bond acceptors (Lipinski definition) is 4. The minimum atomic E-state index is -0.543. The van der Waals surface area contributed by atoms with Gasteiger partial charge >= 0.3 is 0 Å². The molecule has 0 radical (unpaired) electrons. The van der Waals surface area contributed by atoms with E-state index in [0.29, 0.717) is 17.0 Å². The van der Waals surface area contributed by atoms with Gasteiger partial charge in [-0.25, -0.2) is 0 Å². The third-order valence-corrected chi connectivity index (χ3v) is 3.11. The van der Waals surface area contributed by atoms with Crippen LogP contribution in [0.2, 0.25) is 10.0 Å². The molecule has 0 aliphatic heterocycles. The molecular weight excluding hydrogens is 311 g/mol. The Labute approximate surface area is 131 Å². The molecule has 1 N–H and O–H groups in total. The second-order valence-corrected chi connectivity index (χ2v) is 4.85. The maximum Gasteiger partial charge on any atom is 0.217 e. The van der Waals surface area contributed by atoms with Gasteiger partial charge in [0.15, 0.2) is 5.70 Å². The monoisotopic (exact) mass is 320 g/mol. The van der Waals surface area contributed by atoms with Gasteiger partial charge in [-0.1, -0.05) is 41.4 Å². The van der Waals surface area contributed by atoms with Gasteiger partial charge in [0, 0.05) is 10.6 Å². The zero-order chi connectivity index (χ0) is 15.2. The molecule has 106 valence electrons. The van der Waals surface area contributed by atoms with Crippen molar-refractivity contribution in [1.29, 1.82) is 0 Å². The van der Waals surface area contributed by atoms with Gasteiger partial charge < -0.3 is 5.11 Å². The lowest BCUT2D eigenvalue weighted by molar-refractivity contribution is 0.102. The smallest absolute Gasteiger partial charge is 0.217 e. The SMILES string of the molecule is O=C(/C(=C\O)N=Nc1ccccc1)c1ccc(Cl)cc1Cl. The molecule has 2 rings (SSSR count). The number of nitrogens with zero attached hydrogens (tertiary/aromatic N) is 2. The van der Waals surface area contributed by atoms with E-state index in [9.17, 15) is 9.90 Å². The van der Waals surface area contributed by atoms with Crippen LogP contribution in [-0.4, -0.2) is 10.9 Å². The average Bonchev–Trinajstić information content (AvgIpc) is 2.48. The Morgan fingerprint density at radius 3 is 2.43 bits per heavy atom. The number of hydrogen-bond donors (Lipinski definition) is 1. The molecule has 6 heteroatoms. The number of aliphatic hydroxyl groups is 1. The number of benzene rings is 2. The van der Waals surface area contributed by atoms with Crippen LogP contribution in [0.15, 0.2) is 70.7 Å². The first-order chi connectivity index (χ1) is 10.1.